The Morgan fingerprint density at radius 2 is 2.41 bits per heavy atom. The third-order valence-corrected chi connectivity index (χ3v) is 3.38. The van der Waals surface area contributed by atoms with E-state index in [1.807, 2.05) is 5.38 Å². The molecule has 0 bridgehead atoms. The van der Waals surface area contributed by atoms with Gasteiger partial charge in [-0.3, -0.25) is 5.32 Å². The van der Waals surface area contributed by atoms with Crippen molar-refractivity contribution in [1.82, 2.24) is 15.6 Å². The fourth-order valence-electron chi connectivity index (χ4n) is 1.50. The lowest BCUT2D eigenvalue weighted by atomic mass is 10.3. The molecule has 17 heavy (non-hydrogen) atoms. The number of carbonyl (C=O) groups excluding carboxylic acids is 1. The molecule has 0 spiro atoms. The van der Waals surface area contributed by atoms with Crippen LogP contribution in [0.5, 0.6) is 0 Å². The summed E-state index contributed by atoms with van der Waals surface area (Å²) >= 11 is 1.46. The first-order chi connectivity index (χ1) is 8.19. The van der Waals surface area contributed by atoms with Crippen molar-refractivity contribution in [3.63, 3.8) is 0 Å². The first kappa shape index (κ1) is 12.3. The number of amides is 2. The number of carbonyl (C=O) groups is 1. The Hall–Kier alpha value is -1.14. The van der Waals surface area contributed by atoms with Crippen LogP contribution in [0.15, 0.2) is 5.38 Å². The molecule has 1 aromatic rings. The summed E-state index contributed by atoms with van der Waals surface area (Å²) in [6.45, 7) is 5.03. The van der Waals surface area contributed by atoms with E-state index in [2.05, 4.69) is 34.8 Å². The van der Waals surface area contributed by atoms with E-state index in [0.717, 1.165) is 25.1 Å². The van der Waals surface area contributed by atoms with Crippen LogP contribution in [0, 0.1) is 0 Å². The molecule has 1 fully saturated rings. The minimum atomic E-state index is -0.149. The molecule has 0 aromatic carbocycles. The molecule has 1 atom stereocenters. The van der Waals surface area contributed by atoms with Gasteiger partial charge in [0.1, 0.15) is 0 Å². The van der Waals surface area contributed by atoms with Gasteiger partial charge in [-0.25, -0.2) is 9.78 Å². The first-order valence-electron chi connectivity index (χ1n) is 5.95. The number of nitrogens with one attached hydrogen (secondary N) is 3. The maximum absolute atomic E-state index is 11.5. The smallest absolute Gasteiger partial charge is 0.321 e. The summed E-state index contributed by atoms with van der Waals surface area (Å²) in [6.07, 6.45) is 2.18. The zero-order chi connectivity index (χ0) is 12.3. The number of thiazole rings is 1. The van der Waals surface area contributed by atoms with Gasteiger partial charge in [0, 0.05) is 17.5 Å². The monoisotopic (exact) mass is 254 g/mol. The molecule has 1 aromatic heterocycles. The van der Waals surface area contributed by atoms with Gasteiger partial charge < -0.3 is 10.6 Å². The molecule has 1 heterocycles. The van der Waals surface area contributed by atoms with Gasteiger partial charge >= 0.3 is 6.03 Å². The summed E-state index contributed by atoms with van der Waals surface area (Å²) in [5, 5.41) is 11.5. The predicted molar refractivity (Wildman–Crippen MR) is 69.4 cm³/mol. The Morgan fingerprint density at radius 1 is 1.65 bits per heavy atom. The van der Waals surface area contributed by atoms with Gasteiger partial charge in [-0.05, 0) is 26.3 Å². The molecule has 5 nitrogen and oxygen atoms in total. The van der Waals surface area contributed by atoms with Crippen molar-refractivity contribution < 1.29 is 4.79 Å². The zero-order valence-corrected chi connectivity index (χ0v) is 10.9. The van der Waals surface area contributed by atoms with Crippen molar-refractivity contribution in [1.29, 1.82) is 0 Å². The molecule has 2 amide bonds. The standard InChI is InChI=1S/C11H18N4OS/c1-3-12-7(2)9-6-17-11(14-9)15-10(16)13-8-4-5-8/h6-8,12H,3-5H2,1-2H3,(H2,13,14,15,16). The van der Waals surface area contributed by atoms with E-state index in [4.69, 9.17) is 0 Å². The largest absolute Gasteiger partial charge is 0.335 e. The number of aromatic nitrogens is 1. The van der Waals surface area contributed by atoms with Gasteiger partial charge in [0.25, 0.3) is 0 Å². The number of hydrogen-bond acceptors (Lipinski definition) is 4. The Balaban J connectivity index is 1.86. The van der Waals surface area contributed by atoms with Crippen LogP contribution in [0.2, 0.25) is 0 Å². The van der Waals surface area contributed by atoms with Crippen LogP contribution < -0.4 is 16.0 Å². The summed E-state index contributed by atoms with van der Waals surface area (Å²) in [5.41, 5.74) is 0.971. The summed E-state index contributed by atoms with van der Waals surface area (Å²) in [6, 6.07) is 0.443. The molecule has 0 aliphatic heterocycles. The van der Waals surface area contributed by atoms with E-state index in [9.17, 15) is 4.79 Å². The molecular formula is C11H18N4OS. The second kappa shape index (κ2) is 5.46. The molecule has 1 aliphatic carbocycles. The fraction of sp³-hybridized carbons (Fsp3) is 0.636. The molecule has 6 heteroatoms. The number of anilines is 1. The maximum atomic E-state index is 11.5. The van der Waals surface area contributed by atoms with Crippen molar-refractivity contribution >= 4 is 22.5 Å². The Morgan fingerprint density at radius 3 is 3.06 bits per heavy atom. The summed E-state index contributed by atoms with van der Waals surface area (Å²) in [5.74, 6) is 0. The van der Waals surface area contributed by atoms with Crippen molar-refractivity contribution in [3.05, 3.63) is 11.1 Å². The highest BCUT2D eigenvalue weighted by Crippen LogP contribution is 2.21. The maximum Gasteiger partial charge on any atom is 0.321 e. The van der Waals surface area contributed by atoms with Crippen LogP contribution >= 0.6 is 11.3 Å². The minimum absolute atomic E-state index is 0.149. The molecule has 2 rings (SSSR count). The van der Waals surface area contributed by atoms with E-state index in [1.165, 1.54) is 11.3 Å². The summed E-state index contributed by atoms with van der Waals surface area (Å²) in [4.78, 5) is 15.9. The Kier molecular flexibility index (Phi) is 3.96. The second-order valence-electron chi connectivity index (χ2n) is 4.23. The number of rotatable bonds is 5. The van der Waals surface area contributed by atoms with Crippen molar-refractivity contribution in [2.45, 2.75) is 38.8 Å². The van der Waals surface area contributed by atoms with Crippen LogP contribution in [-0.2, 0) is 0 Å². The van der Waals surface area contributed by atoms with Gasteiger partial charge in [0.05, 0.1) is 5.69 Å². The first-order valence-corrected chi connectivity index (χ1v) is 6.83. The number of nitrogens with zero attached hydrogens (tertiary/aromatic N) is 1. The van der Waals surface area contributed by atoms with E-state index in [-0.39, 0.29) is 12.1 Å². The third-order valence-electron chi connectivity index (χ3n) is 2.61. The fourth-order valence-corrected chi connectivity index (χ4v) is 2.30. The van der Waals surface area contributed by atoms with E-state index >= 15 is 0 Å². The highest BCUT2D eigenvalue weighted by molar-refractivity contribution is 7.13. The van der Waals surface area contributed by atoms with Crippen molar-refractivity contribution in [2.75, 3.05) is 11.9 Å². The molecule has 94 valence electrons. The van der Waals surface area contributed by atoms with E-state index < -0.39 is 0 Å². The molecule has 1 saturated carbocycles. The molecule has 1 aliphatic rings. The lowest BCUT2D eigenvalue weighted by Crippen LogP contribution is -2.30. The number of hydrogen-bond donors (Lipinski definition) is 3. The summed E-state index contributed by atoms with van der Waals surface area (Å²) in [7, 11) is 0. The van der Waals surface area contributed by atoms with E-state index in [1.54, 1.807) is 0 Å². The van der Waals surface area contributed by atoms with Crippen LogP contribution in [0.4, 0.5) is 9.93 Å². The lowest BCUT2D eigenvalue weighted by Gasteiger charge is -2.08. The average Bonchev–Trinajstić information content (AvgIpc) is 2.95. The van der Waals surface area contributed by atoms with Crippen LogP contribution in [0.3, 0.4) is 0 Å². The SMILES string of the molecule is CCNC(C)c1csc(NC(=O)NC2CC2)n1. The lowest BCUT2D eigenvalue weighted by molar-refractivity contribution is 0.251. The topological polar surface area (TPSA) is 66.0 Å². The van der Waals surface area contributed by atoms with Gasteiger partial charge in [-0.1, -0.05) is 6.92 Å². The summed E-state index contributed by atoms with van der Waals surface area (Å²) < 4.78 is 0. The average molecular weight is 254 g/mol. The molecular weight excluding hydrogens is 236 g/mol. The molecule has 1 unspecified atom stereocenters. The minimum Gasteiger partial charge on any atom is -0.335 e. The van der Waals surface area contributed by atoms with Crippen molar-refractivity contribution in [2.24, 2.45) is 0 Å². The van der Waals surface area contributed by atoms with Gasteiger partial charge in [-0.15, -0.1) is 11.3 Å². The zero-order valence-electron chi connectivity index (χ0n) is 10.1. The van der Waals surface area contributed by atoms with Crippen LogP contribution in [0.25, 0.3) is 0 Å². The Labute approximate surface area is 105 Å². The normalized spacial score (nSPS) is 16.6. The molecule has 0 radical (unpaired) electrons. The molecule has 3 N–H and O–H groups in total. The highest BCUT2D eigenvalue weighted by atomic mass is 32.1. The van der Waals surface area contributed by atoms with Gasteiger partial charge in [0.15, 0.2) is 5.13 Å². The van der Waals surface area contributed by atoms with Crippen LogP contribution in [0.1, 0.15) is 38.4 Å². The third kappa shape index (κ3) is 3.67. The quantitative estimate of drug-likeness (QED) is 0.754. The van der Waals surface area contributed by atoms with E-state index in [0.29, 0.717) is 11.2 Å². The Bertz CT molecular complexity index is 389. The van der Waals surface area contributed by atoms with Crippen LogP contribution in [-0.4, -0.2) is 23.6 Å². The van der Waals surface area contributed by atoms with Crippen molar-refractivity contribution in [3.8, 4) is 0 Å². The predicted octanol–water partition coefficient (Wildman–Crippen LogP) is 2.10. The highest BCUT2D eigenvalue weighted by Gasteiger charge is 2.23. The second-order valence-corrected chi connectivity index (χ2v) is 5.09. The van der Waals surface area contributed by atoms with Gasteiger partial charge in [0.2, 0.25) is 0 Å². The number of urea groups is 1. The molecule has 0 saturated heterocycles. The van der Waals surface area contributed by atoms with Gasteiger partial charge in [-0.2, -0.15) is 0 Å².